The molecule has 0 radical (unpaired) electrons. The number of furan rings is 1. The van der Waals surface area contributed by atoms with Crippen LogP contribution in [0.15, 0.2) is 174 Å². The van der Waals surface area contributed by atoms with Gasteiger partial charge in [-0.15, -0.1) is 0 Å². The Kier molecular flexibility index (Phi) is 6.11. The fraction of sp³-hybridized carbons (Fsp3) is 0. The van der Waals surface area contributed by atoms with Crippen LogP contribution in [0.4, 0.5) is 0 Å². The van der Waals surface area contributed by atoms with E-state index in [4.69, 9.17) is 14.4 Å². The summed E-state index contributed by atoms with van der Waals surface area (Å²) in [6.07, 6.45) is 0. The molecule has 0 aliphatic heterocycles. The molecule has 0 unspecified atom stereocenters. The number of para-hydroxylation sites is 5. The third-order valence-electron chi connectivity index (χ3n) is 9.31. The van der Waals surface area contributed by atoms with Gasteiger partial charge in [0, 0.05) is 21.9 Å². The van der Waals surface area contributed by atoms with E-state index in [1.54, 1.807) is 0 Å². The molecule has 5 heteroatoms. The van der Waals surface area contributed by atoms with E-state index in [1.807, 2.05) is 36.4 Å². The van der Waals surface area contributed by atoms with Gasteiger partial charge in [-0.05, 0) is 71.8 Å². The molecule has 10 aromatic rings. The first-order valence-electron chi connectivity index (χ1n) is 16.4. The highest BCUT2D eigenvalue weighted by atomic mass is 16.3. The summed E-state index contributed by atoms with van der Waals surface area (Å²) in [5.41, 5.74) is 12.0. The maximum atomic E-state index is 6.21. The Bertz CT molecular complexity index is 2690. The van der Waals surface area contributed by atoms with Gasteiger partial charge in [0.25, 0.3) is 0 Å². The van der Waals surface area contributed by atoms with Crippen LogP contribution < -0.4 is 0 Å². The van der Waals surface area contributed by atoms with Crippen molar-refractivity contribution in [3.8, 4) is 45.3 Å². The molecule has 0 spiro atoms. The number of hydrogen-bond donors (Lipinski definition) is 0. The van der Waals surface area contributed by atoms with Crippen LogP contribution in [0.25, 0.3) is 89.3 Å². The van der Waals surface area contributed by atoms with Gasteiger partial charge in [-0.25, -0.2) is 9.97 Å². The quantitative estimate of drug-likeness (QED) is 0.191. The zero-order valence-electron chi connectivity index (χ0n) is 26.4. The van der Waals surface area contributed by atoms with E-state index in [2.05, 4.69) is 143 Å². The van der Waals surface area contributed by atoms with Gasteiger partial charge in [-0.2, -0.15) is 0 Å². The summed E-state index contributed by atoms with van der Waals surface area (Å²) < 4.78 is 10.8. The standard InChI is InChI=1S/C44H28N4O/c1-3-13-29(14-4-1)43-45-37-18-8-10-20-39(37)47(43)33-25-32(31-23-24-42-36(27-31)35-17-7-12-22-41(35)49-42)26-34(28-33)48-40-21-11-9-19-38(40)46-44(48)30-15-5-2-6-16-30/h1-28H. The van der Waals surface area contributed by atoms with Gasteiger partial charge in [-0.1, -0.05) is 109 Å². The zero-order valence-corrected chi connectivity index (χ0v) is 26.4. The number of benzene rings is 7. The first-order chi connectivity index (χ1) is 24.3. The molecule has 0 aliphatic carbocycles. The van der Waals surface area contributed by atoms with Gasteiger partial charge >= 0.3 is 0 Å². The number of imidazole rings is 2. The second-order valence-corrected chi connectivity index (χ2v) is 12.3. The van der Waals surface area contributed by atoms with Crippen molar-refractivity contribution in [2.75, 3.05) is 0 Å². The lowest BCUT2D eigenvalue weighted by molar-refractivity contribution is 0.669. The zero-order chi connectivity index (χ0) is 32.3. The second kappa shape index (κ2) is 10.9. The van der Waals surface area contributed by atoms with Crippen LogP contribution in [-0.2, 0) is 0 Å². The van der Waals surface area contributed by atoms with E-state index in [0.29, 0.717) is 0 Å². The lowest BCUT2D eigenvalue weighted by atomic mass is 10.0. The van der Waals surface area contributed by atoms with Crippen molar-refractivity contribution in [2.24, 2.45) is 0 Å². The van der Waals surface area contributed by atoms with Crippen LogP contribution in [0, 0.1) is 0 Å². The van der Waals surface area contributed by atoms with Crippen molar-refractivity contribution < 1.29 is 4.42 Å². The first-order valence-corrected chi connectivity index (χ1v) is 16.4. The third kappa shape index (κ3) is 4.48. The van der Waals surface area contributed by atoms with Crippen molar-refractivity contribution >= 4 is 44.0 Å². The van der Waals surface area contributed by atoms with Gasteiger partial charge in [0.05, 0.1) is 33.4 Å². The molecule has 0 aliphatic rings. The van der Waals surface area contributed by atoms with Crippen LogP contribution in [0.1, 0.15) is 0 Å². The molecular formula is C44H28N4O. The SMILES string of the molecule is c1ccc(-c2nc3ccccc3n2-c2cc(-c3ccc4oc5ccccc5c4c3)cc(-n3c(-c4ccccc4)nc4ccccc43)c2)cc1. The van der Waals surface area contributed by atoms with Gasteiger partial charge in [0.15, 0.2) is 0 Å². The van der Waals surface area contributed by atoms with Gasteiger partial charge in [0.1, 0.15) is 22.8 Å². The predicted octanol–water partition coefficient (Wildman–Crippen LogP) is 11.3. The largest absolute Gasteiger partial charge is 0.456 e. The highest BCUT2D eigenvalue weighted by Crippen LogP contribution is 2.38. The highest BCUT2D eigenvalue weighted by Gasteiger charge is 2.20. The van der Waals surface area contributed by atoms with Gasteiger partial charge < -0.3 is 4.42 Å². The minimum atomic E-state index is 0.875. The van der Waals surface area contributed by atoms with Crippen LogP contribution in [0.5, 0.6) is 0 Å². The Morgan fingerprint density at radius 3 is 1.49 bits per heavy atom. The minimum absolute atomic E-state index is 0.875. The summed E-state index contributed by atoms with van der Waals surface area (Å²) in [6.45, 7) is 0. The fourth-order valence-electron chi connectivity index (χ4n) is 7.06. The summed E-state index contributed by atoms with van der Waals surface area (Å²) in [5.74, 6) is 1.78. The number of fused-ring (bicyclic) bond motifs is 5. The maximum Gasteiger partial charge on any atom is 0.145 e. The van der Waals surface area contributed by atoms with Crippen LogP contribution in [-0.4, -0.2) is 19.1 Å². The van der Waals surface area contributed by atoms with E-state index in [0.717, 1.165) is 89.3 Å². The van der Waals surface area contributed by atoms with E-state index >= 15 is 0 Å². The average molecular weight is 629 g/mol. The van der Waals surface area contributed by atoms with Gasteiger partial charge in [-0.3, -0.25) is 9.13 Å². The fourth-order valence-corrected chi connectivity index (χ4v) is 7.06. The Labute approximate surface area is 282 Å². The molecule has 230 valence electrons. The summed E-state index contributed by atoms with van der Waals surface area (Å²) in [7, 11) is 0. The van der Waals surface area contributed by atoms with Crippen molar-refractivity contribution in [1.29, 1.82) is 0 Å². The monoisotopic (exact) mass is 628 g/mol. The maximum absolute atomic E-state index is 6.21. The van der Waals surface area contributed by atoms with Crippen LogP contribution in [0.2, 0.25) is 0 Å². The Balaban J connectivity index is 1.30. The van der Waals surface area contributed by atoms with Crippen molar-refractivity contribution in [3.63, 3.8) is 0 Å². The molecular weight excluding hydrogens is 601 g/mol. The first kappa shape index (κ1) is 27.4. The number of hydrogen-bond acceptors (Lipinski definition) is 3. The van der Waals surface area contributed by atoms with E-state index in [9.17, 15) is 0 Å². The molecule has 0 fully saturated rings. The molecule has 0 N–H and O–H groups in total. The van der Waals surface area contributed by atoms with Crippen molar-refractivity contribution in [2.45, 2.75) is 0 Å². The van der Waals surface area contributed by atoms with Crippen molar-refractivity contribution in [3.05, 3.63) is 170 Å². The molecule has 49 heavy (non-hydrogen) atoms. The van der Waals surface area contributed by atoms with Crippen LogP contribution >= 0.6 is 0 Å². The Morgan fingerprint density at radius 2 is 0.878 bits per heavy atom. The lowest BCUT2D eigenvalue weighted by Gasteiger charge is -2.17. The molecule has 3 heterocycles. The number of aromatic nitrogens is 4. The normalized spacial score (nSPS) is 11.7. The van der Waals surface area contributed by atoms with Crippen molar-refractivity contribution in [1.82, 2.24) is 19.1 Å². The lowest BCUT2D eigenvalue weighted by Crippen LogP contribution is -2.03. The molecule has 0 saturated heterocycles. The number of nitrogens with zero attached hydrogens (tertiary/aromatic N) is 4. The molecule has 3 aromatic heterocycles. The topological polar surface area (TPSA) is 48.8 Å². The molecule has 5 nitrogen and oxygen atoms in total. The molecule has 0 saturated carbocycles. The summed E-state index contributed by atoms with van der Waals surface area (Å²) in [4.78, 5) is 10.3. The smallest absolute Gasteiger partial charge is 0.145 e. The molecule has 0 bridgehead atoms. The molecule has 7 aromatic carbocycles. The highest BCUT2D eigenvalue weighted by molar-refractivity contribution is 6.06. The number of rotatable bonds is 5. The summed E-state index contributed by atoms with van der Waals surface area (Å²) in [5, 5.41) is 2.20. The molecule has 10 rings (SSSR count). The summed E-state index contributed by atoms with van der Waals surface area (Å²) in [6, 6.07) is 59.1. The molecule has 0 atom stereocenters. The Morgan fingerprint density at radius 1 is 0.367 bits per heavy atom. The minimum Gasteiger partial charge on any atom is -0.456 e. The van der Waals surface area contributed by atoms with E-state index in [1.165, 1.54) is 0 Å². The Hall–Kier alpha value is -6.72. The molecule has 0 amide bonds. The van der Waals surface area contributed by atoms with E-state index in [-0.39, 0.29) is 0 Å². The second-order valence-electron chi connectivity index (χ2n) is 12.3. The predicted molar refractivity (Wildman–Crippen MR) is 199 cm³/mol. The average Bonchev–Trinajstić information content (AvgIpc) is 3.87. The van der Waals surface area contributed by atoms with E-state index < -0.39 is 0 Å². The summed E-state index contributed by atoms with van der Waals surface area (Å²) >= 11 is 0. The van der Waals surface area contributed by atoms with Gasteiger partial charge in [0.2, 0.25) is 0 Å². The van der Waals surface area contributed by atoms with Crippen LogP contribution in [0.3, 0.4) is 0 Å². The third-order valence-corrected chi connectivity index (χ3v) is 9.31.